The van der Waals surface area contributed by atoms with Crippen molar-refractivity contribution in [2.24, 2.45) is 0 Å². The Kier molecular flexibility index (Phi) is 7.41. The van der Waals surface area contributed by atoms with E-state index in [-0.39, 0.29) is 0 Å². The number of benzene rings is 9. The smallest absolute Gasteiger partial charge is 0.0540 e. The number of fused-ring (bicyclic) bond motifs is 5. The summed E-state index contributed by atoms with van der Waals surface area (Å²) in [5.41, 5.74) is 10.7. The standard InChI is InChI=1S/C50H33NS/c1-3-20-42-34(12-1)14-9-23-43(42)39-18-7-16-37(32-39)38-17-8-19-41(33-38)51(48-26-10-15-35-13-2-4-21-44(35)48)40-30-28-36(29-31-40)45-24-11-25-47-46-22-5-6-27-49(46)52-50(45)47/h1-33H. The van der Waals surface area contributed by atoms with E-state index in [0.29, 0.717) is 0 Å². The Morgan fingerprint density at radius 2 is 0.904 bits per heavy atom. The van der Waals surface area contributed by atoms with Crippen LogP contribution in [0.4, 0.5) is 17.1 Å². The molecular formula is C50H33NS. The average molecular weight is 680 g/mol. The van der Waals surface area contributed by atoms with Crippen LogP contribution in [0, 0.1) is 0 Å². The summed E-state index contributed by atoms with van der Waals surface area (Å²) in [6.45, 7) is 0. The van der Waals surface area contributed by atoms with E-state index in [4.69, 9.17) is 0 Å². The van der Waals surface area contributed by atoms with Gasteiger partial charge in [-0.05, 0) is 92.0 Å². The Morgan fingerprint density at radius 1 is 0.327 bits per heavy atom. The molecule has 0 amide bonds. The van der Waals surface area contributed by atoms with Crippen LogP contribution in [0.5, 0.6) is 0 Å². The van der Waals surface area contributed by atoms with Crippen LogP contribution < -0.4 is 4.90 Å². The van der Waals surface area contributed by atoms with Crippen LogP contribution in [-0.2, 0) is 0 Å². The molecule has 1 aromatic heterocycles. The van der Waals surface area contributed by atoms with Crippen molar-refractivity contribution in [2.45, 2.75) is 0 Å². The predicted octanol–water partition coefficient (Wildman–Crippen LogP) is 14.8. The molecule has 244 valence electrons. The van der Waals surface area contributed by atoms with E-state index >= 15 is 0 Å². The minimum Gasteiger partial charge on any atom is -0.310 e. The van der Waals surface area contributed by atoms with Crippen LogP contribution >= 0.6 is 11.3 Å². The largest absolute Gasteiger partial charge is 0.310 e. The molecule has 0 spiro atoms. The molecular weight excluding hydrogens is 647 g/mol. The van der Waals surface area contributed by atoms with E-state index < -0.39 is 0 Å². The highest BCUT2D eigenvalue weighted by Gasteiger charge is 2.17. The van der Waals surface area contributed by atoms with Gasteiger partial charge < -0.3 is 4.90 Å². The van der Waals surface area contributed by atoms with Gasteiger partial charge in [-0.2, -0.15) is 0 Å². The van der Waals surface area contributed by atoms with Crippen LogP contribution in [-0.4, -0.2) is 0 Å². The Hall–Kier alpha value is -6.48. The van der Waals surface area contributed by atoms with E-state index in [1.54, 1.807) is 0 Å². The number of thiophene rings is 1. The molecule has 2 heteroatoms. The Morgan fingerprint density at radius 3 is 1.75 bits per heavy atom. The lowest BCUT2D eigenvalue weighted by Gasteiger charge is -2.27. The van der Waals surface area contributed by atoms with Gasteiger partial charge in [-0.25, -0.2) is 0 Å². The highest BCUT2D eigenvalue weighted by molar-refractivity contribution is 7.26. The summed E-state index contributed by atoms with van der Waals surface area (Å²) in [5.74, 6) is 0. The molecule has 0 aliphatic carbocycles. The minimum absolute atomic E-state index is 1.11. The van der Waals surface area contributed by atoms with Gasteiger partial charge in [0.1, 0.15) is 0 Å². The van der Waals surface area contributed by atoms with E-state index in [1.807, 2.05) is 11.3 Å². The van der Waals surface area contributed by atoms with Gasteiger partial charge in [0.2, 0.25) is 0 Å². The molecule has 0 aliphatic heterocycles. The third-order valence-electron chi connectivity index (χ3n) is 10.2. The van der Waals surface area contributed by atoms with Crippen molar-refractivity contribution < 1.29 is 0 Å². The molecule has 0 saturated heterocycles. The second kappa shape index (κ2) is 12.7. The third kappa shape index (κ3) is 5.24. The molecule has 0 radical (unpaired) electrons. The monoisotopic (exact) mass is 679 g/mol. The normalized spacial score (nSPS) is 11.5. The molecule has 10 aromatic rings. The highest BCUT2D eigenvalue weighted by atomic mass is 32.1. The van der Waals surface area contributed by atoms with E-state index in [1.165, 1.54) is 75.1 Å². The summed E-state index contributed by atoms with van der Waals surface area (Å²) in [6, 6.07) is 72.9. The van der Waals surface area contributed by atoms with Gasteiger partial charge in [0, 0.05) is 36.9 Å². The summed E-state index contributed by atoms with van der Waals surface area (Å²) in [7, 11) is 0. The van der Waals surface area contributed by atoms with Crippen molar-refractivity contribution in [1.82, 2.24) is 0 Å². The number of nitrogens with zero attached hydrogens (tertiary/aromatic N) is 1. The van der Waals surface area contributed by atoms with Crippen LogP contribution in [0.3, 0.4) is 0 Å². The molecule has 1 nitrogen and oxygen atoms in total. The van der Waals surface area contributed by atoms with Crippen LogP contribution in [0.2, 0.25) is 0 Å². The first-order valence-corrected chi connectivity index (χ1v) is 18.6. The van der Waals surface area contributed by atoms with Crippen molar-refractivity contribution in [3.05, 3.63) is 200 Å². The molecule has 52 heavy (non-hydrogen) atoms. The first kappa shape index (κ1) is 30.4. The fourth-order valence-electron chi connectivity index (χ4n) is 7.76. The Bertz CT molecular complexity index is 2910. The fourth-order valence-corrected chi connectivity index (χ4v) is 9.00. The summed E-state index contributed by atoms with van der Waals surface area (Å²) in [6.07, 6.45) is 0. The Balaban J connectivity index is 1.09. The SMILES string of the molecule is c1cc(-c2cccc(N(c3ccc(-c4cccc5c4sc4ccccc45)cc3)c3cccc4ccccc34)c2)cc(-c2cccc3ccccc23)c1. The summed E-state index contributed by atoms with van der Waals surface area (Å²) in [4.78, 5) is 2.41. The zero-order valence-electron chi connectivity index (χ0n) is 28.4. The van der Waals surface area contributed by atoms with Gasteiger partial charge in [0.15, 0.2) is 0 Å². The number of rotatable bonds is 6. The highest BCUT2D eigenvalue weighted by Crippen LogP contribution is 2.43. The molecule has 0 saturated carbocycles. The van der Waals surface area contributed by atoms with Gasteiger partial charge in [-0.3, -0.25) is 0 Å². The minimum atomic E-state index is 1.11. The van der Waals surface area contributed by atoms with E-state index in [0.717, 1.165) is 17.1 Å². The van der Waals surface area contributed by atoms with Crippen LogP contribution in [0.25, 0.3) is 75.1 Å². The Labute approximate surface area is 307 Å². The lowest BCUT2D eigenvalue weighted by Crippen LogP contribution is -2.10. The summed E-state index contributed by atoms with van der Waals surface area (Å²) < 4.78 is 2.66. The zero-order chi connectivity index (χ0) is 34.4. The third-order valence-corrected chi connectivity index (χ3v) is 11.5. The van der Waals surface area contributed by atoms with Crippen molar-refractivity contribution in [3.63, 3.8) is 0 Å². The van der Waals surface area contributed by atoms with Crippen molar-refractivity contribution in [1.29, 1.82) is 0 Å². The van der Waals surface area contributed by atoms with Crippen molar-refractivity contribution >= 4 is 70.1 Å². The van der Waals surface area contributed by atoms with E-state index in [9.17, 15) is 0 Å². The van der Waals surface area contributed by atoms with Crippen molar-refractivity contribution in [3.8, 4) is 33.4 Å². The van der Waals surface area contributed by atoms with Crippen molar-refractivity contribution in [2.75, 3.05) is 4.90 Å². The molecule has 10 rings (SSSR count). The lowest BCUT2D eigenvalue weighted by atomic mass is 9.95. The number of hydrogen-bond acceptors (Lipinski definition) is 2. The molecule has 0 atom stereocenters. The molecule has 0 N–H and O–H groups in total. The number of hydrogen-bond donors (Lipinski definition) is 0. The van der Waals surface area contributed by atoms with E-state index in [2.05, 4.69) is 205 Å². The maximum absolute atomic E-state index is 2.41. The topological polar surface area (TPSA) is 3.24 Å². The maximum Gasteiger partial charge on any atom is 0.0540 e. The first-order valence-electron chi connectivity index (χ1n) is 17.8. The van der Waals surface area contributed by atoms with Gasteiger partial charge in [-0.1, -0.05) is 158 Å². The predicted molar refractivity (Wildman–Crippen MR) is 225 cm³/mol. The first-order chi connectivity index (χ1) is 25.8. The van der Waals surface area contributed by atoms with Crippen LogP contribution in [0.15, 0.2) is 200 Å². The lowest BCUT2D eigenvalue weighted by molar-refractivity contribution is 1.30. The van der Waals surface area contributed by atoms with Gasteiger partial charge in [0.25, 0.3) is 0 Å². The quantitative estimate of drug-likeness (QED) is 0.169. The second-order valence-corrected chi connectivity index (χ2v) is 14.4. The summed E-state index contributed by atoms with van der Waals surface area (Å²) >= 11 is 1.88. The summed E-state index contributed by atoms with van der Waals surface area (Å²) in [5, 5.41) is 7.60. The maximum atomic E-state index is 2.41. The molecule has 0 fully saturated rings. The fraction of sp³-hybridized carbons (Fsp3) is 0. The van der Waals surface area contributed by atoms with Gasteiger partial charge in [-0.15, -0.1) is 11.3 Å². The average Bonchev–Trinajstić information content (AvgIpc) is 3.60. The van der Waals surface area contributed by atoms with Gasteiger partial charge >= 0.3 is 0 Å². The zero-order valence-corrected chi connectivity index (χ0v) is 29.2. The molecule has 1 heterocycles. The van der Waals surface area contributed by atoms with Crippen LogP contribution in [0.1, 0.15) is 0 Å². The molecule has 0 aliphatic rings. The second-order valence-electron chi connectivity index (χ2n) is 13.3. The molecule has 9 aromatic carbocycles. The van der Waals surface area contributed by atoms with Gasteiger partial charge in [0.05, 0.1) is 5.69 Å². The molecule has 0 bridgehead atoms. The number of anilines is 3. The molecule has 0 unspecified atom stereocenters.